The Labute approximate surface area is 169 Å². The third-order valence-corrected chi connectivity index (χ3v) is 5.45. The smallest absolute Gasteiger partial charge is 0.406 e. The maximum absolute atomic E-state index is 12.2. The second-order valence-electron chi connectivity index (χ2n) is 7.54. The summed E-state index contributed by atoms with van der Waals surface area (Å²) < 4.78 is 46.5. The molecule has 2 aromatic carbocycles. The quantitative estimate of drug-likeness (QED) is 0.611. The topological polar surface area (TPSA) is 38.7 Å². The van der Waals surface area contributed by atoms with Crippen molar-refractivity contribution in [3.63, 3.8) is 0 Å². The van der Waals surface area contributed by atoms with Crippen LogP contribution in [0.4, 0.5) is 13.2 Å². The molecule has 1 N–H and O–H groups in total. The monoisotopic (exact) mass is 408 g/mol. The van der Waals surface area contributed by atoms with E-state index in [1.807, 2.05) is 18.2 Å². The maximum Gasteiger partial charge on any atom is 0.573 e. The first-order valence-electron chi connectivity index (χ1n) is 10.1. The van der Waals surface area contributed by atoms with Crippen LogP contribution in [-0.2, 0) is 17.6 Å². The summed E-state index contributed by atoms with van der Waals surface area (Å²) in [7, 11) is 0. The molecule has 3 atom stereocenters. The first-order chi connectivity index (χ1) is 13.9. The van der Waals surface area contributed by atoms with Crippen molar-refractivity contribution in [3.8, 4) is 5.75 Å². The number of hydrogen-bond acceptors (Lipinski definition) is 3. The van der Waals surface area contributed by atoms with E-state index in [0.717, 1.165) is 37.7 Å². The molecule has 0 heterocycles. The third-order valence-electron chi connectivity index (χ3n) is 5.45. The van der Waals surface area contributed by atoms with Crippen LogP contribution in [0.2, 0.25) is 0 Å². The second kappa shape index (κ2) is 10.1. The summed E-state index contributed by atoms with van der Waals surface area (Å²) in [4.78, 5) is 0. The number of hydrogen-bond donors (Lipinski definition) is 1. The zero-order chi connectivity index (χ0) is 20.7. The van der Waals surface area contributed by atoms with Gasteiger partial charge >= 0.3 is 6.36 Å². The van der Waals surface area contributed by atoms with Crippen molar-refractivity contribution >= 4 is 0 Å². The summed E-state index contributed by atoms with van der Waals surface area (Å²) in [5.74, 6) is -0.0826. The molecule has 29 heavy (non-hydrogen) atoms. The fourth-order valence-corrected chi connectivity index (χ4v) is 3.96. The molecule has 3 nitrogen and oxygen atoms in total. The highest BCUT2D eigenvalue weighted by Crippen LogP contribution is 2.33. The van der Waals surface area contributed by atoms with Gasteiger partial charge in [-0.25, -0.2) is 0 Å². The first kappa shape index (κ1) is 21.7. The Morgan fingerprint density at radius 2 is 1.62 bits per heavy atom. The number of benzene rings is 2. The summed E-state index contributed by atoms with van der Waals surface area (Å²) in [6.07, 6.45) is 0.0814. The molecule has 2 aromatic rings. The van der Waals surface area contributed by atoms with E-state index in [9.17, 15) is 18.3 Å². The van der Waals surface area contributed by atoms with E-state index >= 15 is 0 Å². The number of aliphatic hydroxyl groups excluding tert-OH is 1. The van der Waals surface area contributed by atoms with Crippen LogP contribution in [0.15, 0.2) is 54.6 Å². The maximum atomic E-state index is 12.2. The van der Waals surface area contributed by atoms with Gasteiger partial charge in [-0.15, -0.1) is 13.2 Å². The molecule has 0 radical (unpaired) electrons. The zero-order valence-electron chi connectivity index (χ0n) is 16.3. The van der Waals surface area contributed by atoms with Crippen molar-refractivity contribution in [1.82, 2.24) is 0 Å². The average molecular weight is 408 g/mol. The first-order valence-corrected chi connectivity index (χ1v) is 10.1. The van der Waals surface area contributed by atoms with E-state index in [2.05, 4.69) is 16.9 Å². The Balaban J connectivity index is 1.42. The Kier molecular flexibility index (Phi) is 7.56. The van der Waals surface area contributed by atoms with Gasteiger partial charge in [0.15, 0.2) is 0 Å². The molecule has 0 aliphatic heterocycles. The molecule has 158 valence electrons. The summed E-state index contributed by atoms with van der Waals surface area (Å²) >= 11 is 0. The van der Waals surface area contributed by atoms with Crippen LogP contribution in [0.3, 0.4) is 0 Å². The second-order valence-corrected chi connectivity index (χ2v) is 7.54. The van der Waals surface area contributed by atoms with Crippen LogP contribution >= 0.6 is 0 Å². The van der Waals surface area contributed by atoms with Gasteiger partial charge < -0.3 is 14.6 Å². The summed E-state index contributed by atoms with van der Waals surface area (Å²) in [5, 5.41) is 10.6. The van der Waals surface area contributed by atoms with Gasteiger partial charge in [-0.05, 0) is 55.4 Å². The van der Waals surface area contributed by atoms with Crippen molar-refractivity contribution in [2.45, 2.75) is 57.1 Å². The molecule has 1 saturated carbocycles. The number of alkyl halides is 3. The molecule has 0 saturated heterocycles. The fourth-order valence-electron chi connectivity index (χ4n) is 3.96. The van der Waals surface area contributed by atoms with Crippen molar-refractivity contribution in [2.24, 2.45) is 5.92 Å². The average Bonchev–Trinajstić information content (AvgIpc) is 3.16. The van der Waals surface area contributed by atoms with E-state index in [4.69, 9.17) is 4.74 Å². The summed E-state index contributed by atoms with van der Waals surface area (Å²) in [6.45, 7) is 0.478. The molecule has 1 aliphatic carbocycles. The minimum absolute atomic E-state index is 0.0357. The molecule has 1 aliphatic rings. The number of ether oxygens (including phenoxy) is 2. The number of aryl methyl sites for hydroxylation is 1. The molecule has 0 bridgehead atoms. The molecular formula is C23H27F3O3. The van der Waals surface area contributed by atoms with Gasteiger partial charge in [0.2, 0.25) is 0 Å². The van der Waals surface area contributed by atoms with Crippen LogP contribution < -0.4 is 4.74 Å². The lowest BCUT2D eigenvalue weighted by Gasteiger charge is -2.25. The normalized spacial score (nSPS) is 20.6. The molecule has 0 aromatic heterocycles. The van der Waals surface area contributed by atoms with Gasteiger partial charge in [0.1, 0.15) is 5.75 Å². The minimum atomic E-state index is -4.68. The lowest BCUT2D eigenvalue weighted by atomic mass is 9.93. The third kappa shape index (κ3) is 7.05. The molecular weight excluding hydrogens is 381 g/mol. The molecule has 6 heteroatoms. The number of aliphatic hydroxyl groups is 1. The Hall–Kier alpha value is -2.05. The molecule has 1 unspecified atom stereocenters. The summed E-state index contributed by atoms with van der Waals surface area (Å²) in [6, 6.07) is 16.0. The van der Waals surface area contributed by atoms with Crippen LogP contribution in [0.1, 0.15) is 36.8 Å². The molecule has 3 rings (SSSR count). The largest absolute Gasteiger partial charge is 0.573 e. The van der Waals surface area contributed by atoms with Gasteiger partial charge in [0.25, 0.3) is 0 Å². The molecule has 0 spiro atoms. The van der Waals surface area contributed by atoms with Crippen LogP contribution in [-0.4, -0.2) is 30.3 Å². The zero-order valence-corrected chi connectivity index (χ0v) is 16.3. The van der Waals surface area contributed by atoms with Gasteiger partial charge in [-0.1, -0.05) is 48.9 Å². The van der Waals surface area contributed by atoms with Crippen LogP contribution in [0.5, 0.6) is 5.75 Å². The number of rotatable bonds is 9. The van der Waals surface area contributed by atoms with E-state index in [0.29, 0.717) is 13.0 Å². The van der Waals surface area contributed by atoms with E-state index < -0.39 is 6.36 Å². The van der Waals surface area contributed by atoms with E-state index in [1.54, 1.807) is 12.1 Å². The van der Waals surface area contributed by atoms with Gasteiger partial charge in [0, 0.05) is 5.92 Å². The Bertz CT molecular complexity index is 731. The van der Waals surface area contributed by atoms with Crippen molar-refractivity contribution in [3.05, 3.63) is 65.7 Å². The standard InChI is InChI=1S/C23H27F3O3/c24-23(25,26)29-19-12-9-18(10-13-19)15-16-28-22-8-4-7-20(22)21(27)14-11-17-5-2-1-3-6-17/h1-3,5-6,9-10,12-13,20-22,27H,4,7-8,11,14-16H2/t20-,21?,22+/m0/s1. The predicted molar refractivity (Wildman–Crippen MR) is 105 cm³/mol. The molecule has 0 amide bonds. The predicted octanol–water partition coefficient (Wildman–Crippen LogP) is 5.31. The van der Waals surface area contributed by atoms with Crippen molar-refractivity contribution in [1.29, 1.82) is 0 Å². The highest BCUT2D eigenvalue weighted by atomic mass is 19.4. The summed E-state index contributed by atoms with van der Waals surface area (Å²) in [5.41, 5.74) is 2.11. The SMILES string of the molecule is OC(CCc1ccccc1)[C@@H]1CCC[C@H]1OCCc1ccc(OC(F)(F)F)cc1. The van der Waals surface area contributed by atoms with Gasteiger partial charge in [-0.2, -0.15) is 0 Å². The van der Waals surface area contributed by atoms with Crippen LogP contribution in [0.25, 0.3) is 0 Å². The number of halogens is 3. The highest BCUT2D eigenvalue weighted by molar-refractivity contribution is 5.27. The van der Waals surface area contributed by atoms with Crippen molar-refractivity contribution in [2.75, 3.05) is 6.61 Å². The lowest BCUT2D eigenvalue weighted by Crippen LogP contribution is -2.30. The van der Waals surface area contributed by atoms with Crippen LogP contribution in [0, 0.1) is 5.92 Å². The molecule has 1 fully saturated rings. The Morgan fingerprint density at radius 1 is 0.931 bits per heavy atom. The Morgan fingerprint density at radius 3 is 2.31 bits per heavy atom. The van der Waals surface area contributed by atoms with Gasteiger partial charge in [0.05, 0.1) is 18.8 Å². The van der Waals surface area contributed by atoms with E-state index in [1.165, 1.54) is 17.7 Å². The van der Waals surface area contributed by atoms with Crippen molar-refractivity contribution < 1.29 is 27.8 Å². The fraction of sp³-hybridized carbons (Fsp3) is 0.478. The lowest BCUT2D eigenvalue weighted by molar-refractivity contribution is -0.274. The van der Waals surface area contributed by atoms with Gasteiger partial charge in [-0.3, -0.25) is 0 Å². The van der Waals surface area contributed by atoms with E-state index in [-0.39, 0.29) is 23.9 Å². The highest BCUT2D eigenvalue weighted by Gasteiger charge is 2.33. The minimum Gasteiger partial charge on any atom is -0.406 e.